The van der Waals surface area contributed by atoms with Crippen molar-refractivity contribution in [2.75, 3.05) is 39.6 Å². The van der Waals surface area contributed by atoms with E-state index in [2.05, 4.69) is 5.32 Å². The van der Waals surface area contributed by atoms with Crippen LogP contribution in [0.25, 0.3) is 16.8 Å². The number of nitrogens with one attached hydrogen (secondary N) is 1. The van der Waals surface area contributed by atoms with E-state index < -0.39 is 20.9 Å². The summed E-state index contributed by atoms with van der Waals surface area (Å²) in [5.74, 6) is -0.650. The number of amides is 1. The fourth-order valence-electron chi connectivity index (χ4n) is 3.56. The van der Waals surface area contributed by atoms with Gasteiger partial charge in [0.2, 0.25) is 0 Å². The molecule has 0 atom stereocenters. The average molecular weight is 505 g/mol. The largest absolute Gasteiger partial charge is 0.545 e. The van der Waals surface area contributed by atoms with Crippen LogP contribution in [0.2, 0.25) is 6.04 Å². The molecule has 1 N–H and O–H groups in total. The summed E-state index contributed by atoms with van der Waals surface area (Å²) in [7, 11) is -2.72. The predicted octanol–water partition coefficient (Wildman–Crippen LogP) is 3.15. The molecular weight excluding hydrogens is 470 g/mol. The van der Waals surface area contributed by atoms with Gasteiger partial charge in [-0.05, 0) is 50.3 Å². The van der Waals surface area contributed by atoms with Gasteiger partial charge >= 0.3 is 14.9 Å². The number of hydrogen-bond donors (Lipinski definition) is 1. The monoisotopic (exact) mass is 504 g/mol. The minimum Gasteiger partial charge on any atom is -0.545 e. The predicted molar refractivity (Wildman–Crippen MR) is 133 cm³/mol. The van der Waals surface area contributed by atoms with Gasteiger partial charge in [-0.1, -0.05) is 36.4 Å². The van der Waals surface area contributed by atoms with Crippen LogP contribution in [0.3, 0.4) is 0 Å². The van der Waals surface area contributed by atoms with Crippen LogP contribution in [0.5, 0.6) is 5.75 Å². The number of benzene rings is 2. The summed E-state index contributed by atoms with van der Waals surface area (Å²) in [5.41, 5.74) is 0.734. The Bertz CT molecular complexity index is 964. The van der Waals surface area contributed by atoms with Crippen LogP contribution in [0.1, 0.15) is 32.8 Å². The third kappa shape index (κ3) is 9.33. The molecule has 9 nitrogen and oxygen atoms in total. The Morgan fingerprint density at radius 3 is 2.23 bits per heavy atom. The highest BCUT2D eigenvalue weighted by Crippen LogP contribution is 2.29. The zero-order valence-corrected chi connectivity index (χ0v) is 21.5. The van der Waals surface area contributed by atoms with Gasteiger partial charge in [-0.25, -0.2) is 4.79 Å². The van der Waals surface area contributed by atoms with Crippen LogP contribution in [-0.2, 0) is 22.8 Å². The molecule has 0 aliphatic heterocycles. The maximum atomic E-state index is 12.0. The Morgan fingerprint density at radius 2 is 1.60 bits per heavy atom. The van der Waals surface area contributed by atoms with Gasteiger partial charge in [-0.3, -0.25) is 0 Å². The SMILES string of the molecule is CCO[Si](CCCNC(=O)OCCOc1ccc(/C=C/C(=O)[O-])c2ccccc12)(OCC)OCC. The summed E-state index contributed by atoms with van der Waals surface area (Å²) in [5, 5.41) is 15.1. The van der Waals surface area contributed by atoms with Crippen molar-refractivity contribution >= 4 is 37.7 Å². The van der Waals surface area contributed by atoms with Crippen LogP contribution < -0.4 is 15.2 Å². The lowest BCUT2D eigenvalue weighted by Gasteiger charge is -2.28. The molecule has 0 heterocycles. The standard InChI is InChI=1S/C25H35NO8Si/c1-4-32-35(33-5-2,34-6-3)19-9-16-26-25(29)31-18-17-30-23-14-12-20(13-15-24(27)28)21-10-7-8-11-22(21)23/h7-8,10-15H,4-6,9,16-19H2,1-3H3,(H,26,29)(H,27,28)/p-1/b15-13+. The Hall–Kier alpha value is -2.92. The van der Waals surface area contributed by atoms with Gasteiger partial charge in [-0.15, -0.1) is 0 Å². The van der Waals surface area contributed by atoms with Crippen LogP contribution in [-0.4, -0.2) is 60.4 Å². The third-order valence-electron chi connectivity index (χ3n) is 4.91. The highest BCUT2D eigenvalue weighted by atomic mass is 28.4. The van der Waals surface area contributed by atoms with E-state index in [4.69, 9.17) is 22.8 Å². The molecule has 0 radical (unpaired) electrons. The summed E-state index contributed by atoms with van der Waals surface area (Å²) in [4.78, 5) is 22.7. The number of carboxylic acid groups (broad SMARTS) is 1. The van der Waals surface area contributed by atoms with Gasteiger partial charge < -0.3 is 38.0 Å². The Morgan fingerprint density at radius 1 is 0.943 bits per heavy atom. The minimum atomic E-state index is -2.72. The number of alkyl carbamates (subject to hydrolysis) is 1. The van der Waals surface area contributed by atoms with Crippen molar-refractivity contribution in [1.29, 1.82) is 0 Å². The number of carbonyl (C=O) groups excluding carboxylic acids is 2. The average Bonchev–Trinajstić information content (AvgIpc) is 2.84. The molecule has 0 aromatic heterocycles. The van der Waals surface area contributed by atoms with Gasteiger partial charge in [0, 0.05) is 37.8 Å². The van der Waals surface area contributed by atoms with E-state index in [0.717, 1.165) is 22.4 Å². The number of ether oxygens (including phenoxy) is 2. The smallest absolute Gasteiger partial charge is 0.500 e. The minimum absolute atomic E-state index is 0.0715. The fraction of sp³-hybridized carbons (Fsp3) is 0.440. The van der Waals surface area contributed by atoms with Crippen molar-refractivity contribution < 1.29 is 37.4 Å². The van der Waals surface area contributed by atoms with Gasteiger partial charge in [0.05, 0.1) is 5.97 Å². The van der Waals surface area contributed by atoms with Crippen molar-refractivity contribution in [3.8, 4) is 5.75 Å². The second-order valence-corrected chi connectivity index (χ2v) is 10.1. The number of fused-ring (bicyclic) bond motifs is 1. The Labute approximate surface area is 207 Å². The van der Waals surface area contributed by atoms with Crippen LogP contribution in [0, 0.1) is 0 Å². The van der Waals surface area contributed by atoms with Crippen molar-refractivity contribution in [3.05, 3.63) is 48.0 Å². The normalized spacial score (nSPS) is 11.6. The van der Waals surface area contributed by atoms with Crippen LogP contribution in [0.15, 0.2) is 42.5 Å². The maximum absolute atomic E-state index is 12.0. The number of aliphatic carboxylic acids is 1. The molecule has 0 aliphatic carbocycles. The van der Waals surface area contributed by atoms with Crippen LogP contribution in [0.4, 0.5) is 4.79 Å². The van der Waals surface area contributed by atoms with Gasteiger partial charge in [-0.2, -0.15) is 0 Å². The van der Waals surface area contributed by atoms with Gasteiger partial charge in [0.25, 0.3) is 0 Å². The van der Waals surface area contributed by atoms with Crippen LogP contribution >= 0.6 is 0 Å². The fourth-order valence-corrected chi connectivity index (χ4v) is 6.17. The van der Waals surface area contributed by atoms with Crippen molar-refractivity contribution in [1.82, 2.24) is 5.32 Å². The molecule has 35 heavy (non-hydrogen) atoms. The molecule has 1 amide bonds. The number of rotatable bonds is 16. The van der Waals surface area contributed by atoms with Gasteiger partial charge in [0.15, 0.2) is 0 Å². The molecule has 0 spiro atoms. The second kappa shape index (κ2) is 15.2. The molecule has 10 heteroatoms. The van der Waals surface area contributed by atoms with E-state index in [9.17, 15) is 14.7 Å². The molecule has 192 valence electrons. The Balaban J connectivity index is 1.79. The quantitative estimate of drug-likeness (QED) is 0.211. The topological polar surface area (TPSA) is 115 Å². The molecule has 0 saturated heterocycles. The summed E-state index contributed by atoms with van der Waals surface area (Å²) in [6, 6.07) is 11.6. The summed E-state index contributed by atoms with van der Waals surface area (Å²) in [6.45, 7) is 7.90. The third-order valence-corrected chi connectivity index (χ3v) is 8.06. The zero-order valence-electron chi connectivity index (χ0n) is 20.5. The highest BCUT2D eigenvalue weighted by molar-refractivity contribution is 6.60. The molecule has 0 unspecified atom stereocenters. The van der Waals surface area contributed by atoms with E-state index in [1.165, 1.54) is 6.08 Å². The number of carboxylic acids is 1. The molecule has 2 aromatic carbocycles. The lowest BCUT2D eigenvalue weighted by molar-refractivity contribution is -0.297. The van der Waals surface area contributed by atoms with E-state index in [1.807, 2.05) is 45.0 Å². The van der Waals surface area contributed by atoms with E-state index in [1.54, 1.807) is 12.1 Å². The summed E-state index contributed by atoms with van der Waals surface area (Å²) >= 11 is 0. The lowest BCUT2D eigenvalue weighted by Crippen LogP contribution is -2.46. The molecule has 0 aliphatic rings. The van der Waals surface area contributed by atoms with Crippen molar-refractivity contribution in [2.24, 2.45) is 0 Å². The molecule has 2 rings (SSSR count). The highest BCUT2D eigenvalue weighted by Gasteiger charge is 2.39. The van der Waals surface area contributed by atoms with E-state index in [-0.39, 0.29) is 13.2 Å². The van der Waals surface area contributed by atoms with E-state index >= 15 is 0 Å². The maximum Gasteiger partial charge on any atom is 0.500 e. The number of hydrogen-bond acceptors (Lipinski definition) is 8. The zero-order chi connectivity index (χ0) is 25.5. The second-order valence-electron chi connectivity index (χ2n) is 7.35. The van der Waals surface area contributed by atoms with E-state index in [0.29, 0.717) is 44.6 Å². The lowest BCUT2D eigenvalue weighted by atomic mass is 10.0. The first-order valence-electron chi connectivity index (χ1n) is 11.8. The Kier molecular flexibility index (Phi) is 12.3. The molecule has 0 fully saturated rings. The first kappa shape index (κ1) is 28.3. The molecule has 0 saturated carbocycles. The van der Waals surface area contributed by atoms with Crippen molar-refractivity contribution in [3.63, 3.8) is 0 Å². The van der Waals surface area contributed by atoms with Crippen molar-refractivity contribution in [2.45, 2.75) is 33.2 Å². The van der Waals surface area contributed by atoms with Gasteiger partial charge in [0.1, 0.15) is 19.0 Å². The first-order valence-corrected chi connectivity index (χ1v) is 13.7. The summed E-state index contributed by atoms with van der Waals surface area (Å²) in [6.07, 6.45) is 2.58. The molecular formula is C25H34NO8Si-. The summed E-state index contributed by atoms with van der Waals surface area (Å²) < 4.78 is 28.4. The number of carbonyl (C=O) groups is 2. The first-order chi connectivity index (χ1) is 16.9. The molecule has 2 aromatic rings. The molecule has 0 bridgehead atoms.